The maximum Gasteiger partial charge on any atom is 0.254 e. The molecule has 3 atom stereocenters. The lowest BCUT2D eigenvalue weighted by atomic mass is 9.96. The third-order valence-electron chi connectivity index (χ3n) is 7.05. The van der Waals surface area contributed by atoms with Crippen LogP contribution in [-0.2, 0) is 0 Å². The first-order valence-corrected chi connectivity index (χ1v) is 12.0. The summed E-state index contributed by atoms with van der Waals surface area (Å²) in [5, 5.41) is 5.10. The Morgan fingerprint density at radius 2 is 1.82 bits per heavy atom. The Morgan fingerprint density at radius 3 is 2.59 bits per heavy atom. The van der Waals surface area contributed by atoms with E-state index in [0.29, 0.717) is 27.9 Å². The van der Waals surface area contributed by atoms with E-state index < -0.39 is 0 Å². The summed E-state index contributed by atoms with van der Waals surface area (Å²) in [7, 11) is 0. The van der Waals surface area contributed by atoms with Crippen LogP contribution in [0.2, 0.25) is 5.02 Å². The molecule has 1 amide bonds. The number of para-hydroxylation sites is 1. The van der Waals surface area contributed by atoms with E-state index in [-0.39, 0.29) is 24.0 Å². The largest absolute Gasteiger partial charge is 0.399 e. The van der Waals surface area contributed by atoms with Crippen LogP contribution in [0.15, 0.2) is 60.9 Å². The molecular formula is C26H25ClN6O. The number of nitrogen functional groups attached to an aromatic ring is 1. The normalized spacial score (nSPS) is 21.7. The number of anilines is 2. The van der Waals surface area contributed by atoms with Crippen LogP contribution in [0.3, 0.4) is 0 Å². The number of carbonyl (C=O) groups excluding carboxylic acids is 1. The monoisotopic (exact) mass is 472 g/mol. The van der Waals surface area contributed by atoms with Crippen LogP contribution in [0, 0.1) is 0 Å². The Morgan fingerprint density at radius 1 is 1.09 bits per heavy atom. The lowest BCUT2D eigenvalue weighted by Gasteiger charge is -2.39. The molecule has 0 spiro atoms. The number of amides is 1. The van der Waals surface area contributed by atoms with Crippen molar-refractivity contribution in [2.45, 2.75) is 43.8 Å². The number of carbonyl (C=O) groups is 1. The quantitative estimate of drug-likeness (QED) is 0.358. The smallest absolute Gasteiger partial charge is 0.254 e. The highest BCUT2D eigenvalue weighted by Gasteiger charge is 2.43. The van der Waals surface area contributed by atoms with E-state index in [4.69, 9.17) is 22.3 Å². The van der Waals surface area contributed by atoms with Crippen LogP contribution in [0.4, 0.5) is 11.6 Å². The summed E-state index contributed by atoms with van der Waals surface area (Å²) in [5.41, 5.74) is 9.84. The minimum absolute atomic E-state index is 0.0929. The highest BCUT2D eigenvalue weighted by atomic mass is 35.5. The Hall–Kier alpha value is -3.58. The molecule has 8 heteroatoms. The van der Waals surface area contributed by atoms with E-state index in [2.05, 4.69) is 26.3 Å². The van der Waals surface area contributed by atoms with E-state index in [1.165, 1.54) is 0 Å². The van der Waals surface area contributed by atoms with Gasteiger partial charge in [-0.2, -0.15) is 0 Å². The molecule has 172 valence electrons. The number of hydrogen-bond donors (Lipinski definition) is 3. The zero-order valence-electron chi connectivity index (χ0n) is 18.5. The molecule has 0 unspecified atom stereocenters. The maximum absolute atomic E-state index is 13.2. The number of aromatic amines is 1. The van der Waals surface area contributed by atoms with Crippen LogP contribution in [0.1, 0.15) is 36.0 Å². The highest BCUT2D eigenvalue weighted by molar-refractivity contribution is 6.33. The van der Waals surface area contributed by atoms with Crippen LogP contribution >= 0.6 is 11.6 Å². The zero-order chi connectivity index (χ0) is 23.2. The molecule has 2 aliphatic rings. The average molecular weight is 473 g/mol. The number of piperidine rings is 1. The number of halogens is 1. The van der Waals surface area contributed by atoms with Crippen LogP contribution in [0.5, 0.6) is 0 Å². The van der Waals surface area contributed by atoms with Crippen molar-refractivity contribution in [3.05, 3.63) is 71.5 Å². The predicted octanol–water partition coefficient (Wildman–Crippen LogP) is 5.11. The van der Waals surface area contributed by atoms with Gasteiger partial charge in [-0.15, -0.1) is 0 Å². The second-order valence-electron chi connectivity index (χ2n) is 9.17. The molecular weight excluding hydrogens is 448 g/mol. The SMILES string of the molecule is Nc1ccc(C(=O)N2[C@@H]3CC[C@H]2C[C@@H](Nc2ncc(Cl)c(-c4c[nH]c5ccccc45)n2)C3)cc1. The first-order valence-electron chi connectivity index (χ1n) is 11.6. The van der Waals surface area contributed by atoms with Gasteiger partial charge in [0, 0.05) is 52.0 Å². The summed E-state index contributed by atoms with van der Waals surface area (Å²) in [6.07, 6.45) is 7.36. The van der Waals surface area contributed by atoms with Crippen molar-refractivity contribution in [3.63, 3.8) is 0 Å². The molecule has 2 aromatic heterocycles. The molecule has 2 fully saturated rings. The van der Waals surface area contributed by atoms with Crippen molar-refractivity contribution in [2.24, 2.45) is 0 Å². The number of hydrogen-bond acceptors (Lipinski definition) is 5. The van der Waals surface area contributed by atoms with Gasteiger partial charge in [0.15, 0.2) is 0 Å². The highest BCUT2D eigenvalue weighted by Crippen LogP contribution is 2.38. The summed E-state index contributed by atoms with van der Waals surface area (Å²) in [4.78, 5) is 27.8. The van der Waals surface area contributed by atoms with Gasteiger partial charge in [0.25, 0.3) is 5.91 Å². The van der Waals surface area contributed by atoms with Gasteiger partial charge in [-0.1, -0.05) is 29.8 Å². The third kappa shape index (κ3) is 3.66. The summed E-state index contributed by atoms with van der Waals surface area (Å²) in [5.74, 6) is 0.655. The van der Waals surface area contributed by atoms with Crippen LogP contribution < -0.4 is 11.1 Å². The number of H-pyrrole nitrogens is 1. The van der Waals surface area contributed by atoms with E-state index >= 15 is 0 Å². The molecule has 2 bridgehead atoms. The van der Waals surface area contributed by atoms with Crippen molar-refractivity contribution < 1.29 is 4.79 Å². The first-order chi connectivity index (χ1) is 16.6. The Kier molecular flexibility index (Phi) is 5.14. The maximum atomic E-state index is 13.2. The standard InChI is InChI=1S/C26H25ClN6O/c27-22-14-30-26(32-24(22)21-13-29-23-4-2-1-3-20(21)23)31-17-11-18-9-10-19(12-17)33(18)25(34)15-5-7-16(28)8-6-15/h1-8,13-14,17-19,29H,9-12,28H2,(H,30,31,32)/t17-,18+,19-. The topological polar surface area (TPSA) is 99.9 Å². The molecule has 0 aliphatic carbocycles. The van der Waals surface area contributed by atoms with E-state index in [9.17, 15) is 4.79 Å². The Balaban J connectivity index is 1.21. The fourth-order valence-electron chi connectivity index (χ4n) is 5.48. The number of benzene rings is 2. The fraction of sp³-hybridized carbons (Fsp3) is 0.269. The fourth-order valence-corrected chi connectivity index (χ4v) is 5.67. The lowest BCUT2D eigenvalue weighted by molar-refractivity contribution is 0.0583. The molecule has 6 rings (SSSR count). The van der Waals surface area contributed by atoms with Crippen molar-refractivity contribution in [3.8, 4) is 11.3 Å². The van der Waals surface area contributed by atoms with Crippen molar-refractivity contribution in [1.82, 2.24) is 19.9 Å². The van der Waals surface area contributed by atoms with Gasteiger partial charge in [-0.05, 0) is 56.0 Å². The van der Waals surface area contributed by atoms with Gasteiger partial charge < -0.3 is 20.9 Å². The summed E-state index contributed by atoms with van der Waals surface area (Å²) >= 11 is 6.49. The number of nitrogens with one attached hydrogen (secondary N) is 2. The predicted molar refractivity (Wildman–Crippen MR) is 135 cm³/mol. The molecule has 4 N–H and O–H groups in total. The summed E-state index contributed by atoms with van der Waals surface area (Å²) in [6, 6.07) is 15.9. The molecule has 4 heterocycles. The van der Waals surface area contributed by atoms with E-state index in [1.54, 1.807) is 18.3 Å². The summed E-state index contributed by atoms with van der Waals surface area (Å²) in [6.45, 7) is 0. The van der Waals surface area contributed by atoms with Gasteiger partial charge >= 0.3 is 0 Å². The minimum Gasteiger partial charge on any atom is -0.399 e. The van der Waals surface area contributed by atoms with Gasteiger partial charge in [-0.25, -0.2) is 9.97 Å². The zero-order valence-corrected chi connectivity index (χ0v) is 19.3. The van der Waals surface area contributed by atoms with Crippen LogP contribution in [0.25, 0.3) is 22.2 Å². The van der Waals surface area contributed by atoms with Gasteiger partial charge in [-0.3, -0.25) is 4.79 Å². The van der Waals surface area contributed by atoms with E-state index in [0.717, 1.165) is 42.1 Å². The molecule has 4 aromatic rings. The average Bonchev–Trinajstić information content (AvgIpc) is 3.39. The van der Waals surface area contributed by atoms with Crippen LogP contribution in [-0.4, -0.2) is 43.9 Å². The first kappa shape index (κ1) is 21.0. The summed E-state index contributed by atoms with van der Waals surface area (Å²) < 4.78 is 0. The van der Waals surface area contributed by atoms with Crippen molar-refractivity contribution in [2.75, 3.05) is 11.1 Å². The molecule has 34 heavy (non-hydrogen) atoms. The molecule has 2 aromatic carbocycles. The third-order valence-corrected chi connectivity index (χ3v) is 7.32. The molecule has 7 nitrogen and oxygen atoms in total. The molecule has 0 saturated carbocycles. The van der Waals surface area contributed by atoms with Gasteiger partial charge in [0.1, 0.15) is 0 Å². The number of rotatable bonds is 4. The molecule has 2 aliphatic heterocycles. The minimum atomic E-state index is 0.0929. The Bertz CT molecular complexity index is 1350. The van der Waals surface area contributed by atoms with Gasteiger partial charge in [0.05, 0.1) is 16.9 Å². The van der Waals surface area contributed by atoms with Crippen molar-refractivity contribution in [1.29, 1.82) is 0 Å². The lowest BCUT2D eigenvalue weighted by Crippen LogP contribution is -2.49. The van der Waals surface area contributed by atoms with Crippen molar-refractivity contribution >= 4 is 40.0 Å². The van der Waals surface area contributed by atoms with Gasteiger partial charge in [0.2, 0.25) is 5.95 Å². The number of nitrogens with zero attached hydrogens (tertiary/aromatic N) is 3. The number of fused-ring (bicyclic) bond motifs is 3. The van der Waals surface area contributed by atoms with E-state index in [1.807, 2.05) is 36.5 Å². The second kappa shape index (κ2) is 8.33. The number of aromatic nitrogens is 3. The second-order valence-corrected chi connectivity index (χ2v) is 9.58. The molecule has 2 saturated heterocycles. The molecule has 0 radical (unpaired) electrons. The number of nitrogens with two attached hydrogens (primary N) is 1. The Labute approximate surface area is 202 Å².